The summed E-state index contributed by atoms with van der Waals surface area (Å²) in [6.07, 6.45) is 1.32. The van der Waals surface area contributed by atoms with Crippen molar-refractivity contribution in [2.75, 3.05) is 20.2 Å². The quantitative estimate of drug-likeness (QED) is 0.500. The van der Waals surface area contributed by atoms with Crippen LogP contribution in [0.5, 0.6) is 0 Å². The number of H-pyrrole nitrogens is 2. The van der Waals surface area contributed by atoms with Gasteiger partial charge in [-0.2, -0.15) is 0 Å². The van der Waals surface area contributed by atoms with Gasteiger partial charge in [-0.3, -0.25) is 4.79 Å². The van der Waals surface area contributed by atoms with E-state index in [1.54, 1.807) is 7.11 Å². The van der Waals surface area contributed by atoms with Crippen LogP contribution in [0.3, 0.4) is 0 Å². The summed E-state index contributed by atoms with van der Waals surface area (Å²) in [5, 5.41) is 5.91. The van der Waals surface area contributed by atoms with Crippen LogP contribution in [0, 0.1) is 0 Å². The molecule has 2 heterocycles. The Morgan fingerprint density at radius 1 is 1.56 bits per heavy atom. The Balaban J connectivity index is 1.99. The van der Waals surface area contributed by atoms with Crippen LogP contribution in [-0.2, 0) is 4.74 Å². The van der Waals surface area contributed by atoms with Crippen LogP contribution in [0.15, 0.2) is 11.0 Å². The molecule has 1 unspecified atom stereocenters. The molecule has 7 heteroatoms. The summed E-state index contributed by atoms with van der Waals surface area (Å²) < 4.78 is 5.21. The van der Waals surface area contributed by atoms with Crippen molar-refractivity contribution >= 4 is 5.91 Å². The van der Waals surface area contributed by atoms with Crippen LogP contribution >= 0.6 is 0 Å². The molecule has 0 radical (unpaired) electrons. The van der Waals surface area contributed by atoms with E-state index in [4.69, 9.17) is 4.74 Å². The highest BCUT2D eigenvalue weighted by atomic mass is 16.5. The number of rotatable bonds is 3. The molecule has 1 fully saturated rings. The molecule has 4 N–H and O–H groups in total. The minimum Gasteiger partial charge on any atom is -0.378 e. The van der Waals surface area contributed by atoms with Crippen LogP contribution in [0.2, 0.25) is 0 Å². The van der Waals surface area contributed by atoms with Gasteiger partial charge < -0.3 is 25.3 Å². The average Bonchev–Trinajstić information content (AvgIpc) is 2.86. The number of amides is 1. The smallest absolute Gasteiger partial charge is 0.323 e. The fourth-order valence-corrected chi connectivity index (χ4v) is 1.75. The number of methoxy groups -OCH3 is 1. The van der Waals surface area contributed by atoms with Crippen molar-refractivity contribution in [3.05, 3.63) is 22.4 Å². The Morgan fingerprint density at radius 2 is 2.38 bits per heavy atom. The first-order valence-electron chi connectivity index (χ1n) is 5.03. The van der Waals surface area contributed by atoms with E-state index in [1.165, 1.54) is 6.20 Å². The monoisotopic (exact) mass is 226 g/mol. The molecule has 16 heavy (non-hydrogen) atoms. The molecule has 0 saturated carbocycles. The average molecular weight is 226 g/mol. The zero-order valence-corrected chi connectivity index (χ0v) is 8.87. The minimum absolute atomic E-state index is 0.0328. The molecule has 1 aromatic rings. The van der Waals surface area contributed by atoms with Gasteiger partial charge >= 0.3 is 5.69 Å². The number of imidazole rings is 1. The summed E-state index contributed by atoms with van der Waals surface area (Å²) in [6.45, 7) is 1.38. The standard InChI is InChI=1S/C9H14N4O3/c1-16-7-4-10-2-5(7)12-8(14)6-3-11-9(15)13-6/h3,5,7,10H,2,4H2,1H3,(H,12,14)(H2,11,13,15)/t5?,7-/m0/s1. The first-order chi connectivity index (χ1) is 7.70. The zero-order chi connectivity index (χ0) is 11.5. The van der Waals surface area contributed by atoms with Gasteiger partial charge in [0.05, 0.1) is 12.1 Å². The van der Waals surface area contributed by atoms with Crippen molar-refractivity contribution in [3.8, 4) is 0 Å². The van der Waals surface area contributed by atoms with Crippen molar-refractivity contribution in [3.63, 3.8) is 0 Å². The van der Waals surface area contributed by atoms with E-state index in [9.17, 15) is 9.59 Å². The maximum atomic E-state index is 11.7. The third kappa shape index (κ3) is 2.15. The van der Waals surface area contributed by atoms with E-state index < -0.39 is 5.69 Å². The molecular weight excluding hydrogens is 212 g/mol. The maximum absolute atomic E-state index is 11.7. The second-order valence-electron chi connectivity index (χ2n) is 3.67. The summed E-state index contributed by atoms with van der Waals surface area (Å²) in [6, 6.07) is -0.0732. The topological polar surface area (TPSA) is 99.0 Å². The van der Waals surface area contributed by atoms with Gasteiger partial charge in [-0.25, -0.2) is 4.79 Å². The summed E-state index contributed by atoms with van der Waals surface area (Å²) >= 11 is 0. The van der Waals surface area contributed by atoms with Gasteiger partial charge in [-0.05, 0) is 0 Å². The molecule has 1 amide bonds. The van der Waals surface area contributed by atoms with Gasteiger partial charge in [0.1, 0.15) is 5.69 Å². The Morgan fingerprint density at radius 3 is 3.00 bits per heavy atom. The molecule has 0 aromatic carbocycles. The van der Waals surface area contributed by atoms with Crippen LogP contribution in [0.1, 0.15) is 10.5 Å². The van der Waals surface area contributed by atoms with Gasteiger partial charge in [0.2, 0.25) is 0 Å². The van der Waals surface area contributed by atoms with Crippen molar-refractivity contribution in [1.82, 2.24) is 20.6 Å². The zero-order valence-electron chi connectivity index (χ0n) is 8.87. The second-order valence-corrected chi connectivity index (χ2v) is 3.67. The minimum atomic E-state index is -0.391. The molecule has 1 aromatic heterocycles. The molecule has 7 nitrogen and oxygen atoms in total. The molecule has 1 aliphatic heterocycles. The van der Waals surface area contributed by atoms with Crippen molar-refractivity contribution in [2.24, 2.45) is 0 Å². The number of hydrogen-bond acceptors (Lipinski definition) is 4. The van der Waals surface area contributed by atoms with Gasteiger partial charge in [0, 0.05) is 26.4 Å². The fraction of sp³-hybridized carbons (Fsp3) is 0.556. The SMILES string of the molecule is CO[C@H]1CNCC1NC(=O)c1c[nH]c(=O)[nH]1. The Kier molecular flexibility index (Phi) is 3.07. The molecule has 0 aliphatic carbocycles. The Hall–Kier alpha value is -1.60. The van der Waals surface area contributed by atoms with Crippen LogP contribution in [0.4, 0.5) is 0 Å². The van der Waals surface area contributed by atoms with E-state index in [2.05, 4.69) is 20.6 Å². The van der Waals surface area contributed by atoms with E-state index in [1.807, 2.05) is 0 Å². The lowest BCUT2D eigenvalue weighted by Crippen LogP contribution is -2.43. The molecular formula is C9H14N4O3. The van der Waals surface area contributed by atoms with Gasteiger partial charge in [-0.1, -0.05) is 0 Å². The predicted molar refractivity (Wildman–Crippen MR) is 56.3 cm³/mol. The number of hydrogen-bond donors (Lipinski definition) is 4. The lowest BCUT2D eigenvalue weighted by molar-refractivity contribution is 0.0776. The van der Waals surface area contributed by atoms with E-state index >= 15 is 0 Å². The molecule has 2 rings (SSSR count). The lowest BCUT2D eigenvalue weighted by atomic mass is 10.2. The number of ether oxygens (including phenoxy) is 1. The largest absolute Gasteiger partial charge is 0.378 e. The van der Waals surface area contributed by atoms with Gasteiger partial charge in [-0.15, -0.1) is 0 Å². The highest BCUT2D eigenvalue weighted by Gasteiger charge is 2.28. The van der Waals surface area contributed by atoms with Gasteiger partial charge in [0.25, 0.3) is 5.91 Å². The van der Waals surface area contributed by atoms with Crippen molar-refractivity contribution < 1.29 is 9.53 Å². The summed E-state index contributed by atoms with van der Waals surface area (Å²) in [7, 11) is 1.61. The van der Waals surface area contributed by atoms with E-state index in [0.29, 0.717) is 13.1 Å². The molecule has 1 saturated heterocycles. The molecule has 88 valence electrons. The molecule has 2 atom stereocenters. The maximum Gasteiger partial charge on any atom is 0.323 e. The lowest BCUT2D eigenvalue weighted by Gasteiger charge is -2.17. The third-order valence-electron chi connectivity index (χ3n) is 2.62. The van der Waals surface area contributed by atoms with Crippen LogP contribution < -0.4 is 16.3 Å². The molecule has 0 bridgehead atoms. The van der Waals surface area contributed by atoms with Crippen LogP contribution in [0.25, 0.3) is 0 Å². The summed E-state index contributed by atoms with van der Waals surface area (Å²) in [4.78, 5) is 27.3. The number of aromatic nitrogens is 2. The summed E-state index contributed by atoms with van der Waals surface area (Å²) in [5.41, 5.74) is -0.162. The molecule has 0 spiro atoms. The van der Waals surface area contributed by atoms with E-state index in [-0.39, 0.29) is 23.7 Å². The predicted octanol–water partition coefficient (Wildman–Crippen LogP) is -1.58. The first-order valence-corrected chi connectivity index (χ1v) is 5.03. The fourth-order valence-electron chi connectivity index (χ4n) is 1.75. The number of carbonyl (C=O) groups excluding carboxylic acids is 1. The van der Waals surface area contributed by atoms with Gasteiger partial charge in [0.15, 0.2) is 0 Å². The Bertz CT molecular complexity index is 424. The normalized spacial score (nSPS) is 24.6. The number of aromatic amines is 2. The highest BCUT2D eigenvalue weighted by Crippen LogP contribution is 2.04. The third-order valence-corrected chi connectivity index (χ3v) is 2.62. The van der Waals surface area contributed by atoms with Crippen LogP contribution in [-0.4, -0.2) is 48.2 Å². The number of carbonyl (C=O) groups is 1. The molecule has 1 aliphatic rings. The van der Waals surface area contributed by atoms with E-state index in [0.717, 1.165) is 0 Å². The van der Waals surface area contributed by atoms with Crippen molar-refractivity contribution in [1.29, 1.82) is 0 Å². The van der Waals surface area contributed by atoms with Crippen molar-refractivity contribution in [2.45, 2.75) is 12.1 Å². The first kappa shape index (κ1) is 10.9. The summed E-state index contributed by atoms with van der Waals surface area (Å²) in [5.74, 6) is -0.311. The highest BCUT2D eigenvalue weighted by molar-refractivity contribution is 5.92. The number of nitrogens with one attached hydrogen (secondary N) is 4. The second kappa shape index (κ2) is 4.50. The Labute approximate surface area is 91.6 Å².